The van der Waals surface area contributed by atoms with Crippen molar-refractivity contribution in [1.82, 2.24) is 0 Å². The molecule has 2 aromatic rings. The number of aromatic carboxylic acids is 1. The van der Waals surface area contributed by atoms with Crippen molar-refractivity contribution >= 4 is 21.7 Å². The fourth-order valence-corrected chi connectivity index (χ4v) is 2.43. The minimum atomic E-state index is -4.10. The molecule has 0 aliphatic heterocycles. The van der Waals surface area contributed by atoms with Crippen molar-refractivity contribution in [2.75, 3.05) is 4.72 Å². The van der Waals surface area contributed by atoms with Crippen molar-refractivity contribution in [3.8, 4) is 0 Å². The number of sulfonamides is 1. The van der Waals surface area contributed by atoms with Crippen molar-refractivity contribution in [3.05, 3.63) is 47.5 Å². The molecule has 1 heterocycles. The maximum Gasteiger partial charge on any atom is 0.371 e. The third-order valence-electron chi connectivity index (χ3n) is 2.48. The van der Waals surface area contributed by atoms with E-state index in [1.807, 2.05) is 0 Å². The molecule has 20 heavy (non-hydrogen) atoms. The normalized spacial score (nSPS) is 11.3. The summed E-state index contributed by atoms with van der Waals surface area (Å²) in [4.78, 5) is 10.6. The van der Waals surface area contributed by atoms with Gasteiger partial charge in [0.15, 0.2) is 0 Å². The van der Waals surface area contributed by atoms with Gasteiger partial charge in [-0.15, -0.1) is 0 Å². The number of furan rings is 1. The summed E-state index contributed by atoms with van der Waals surface area (Å²) in [5.74, 6) is -2.44. The zero-order valence-corrected chi connectivity index (χ0v) is 11.1. The van der Waals surface area contributed by atoms with Crippen molar-refractivity contribution in [3.63, 3.8) is 0 Å². The van der Waals surface area contributed by atoms with Crippen LogP contribution in [0, 0.1) is 12.7 Å². The maximum atomic E-state index is 13.3. The molecule has 1 aromatic carbocycles. The Hall–Kier alpha value is -2.35. The van der Waals surface area contributed by atoms with Gasteiger partial charge in [0.2, 0.25) is 10.9 Å². The number of carboxylic acids is 1. The van der Waals surface area contributed by atoms with Crippen LogP contribution in [-0.2, 0) is 10.0 Å². The van der Waals surface area contributed by atoms with E-state index in [0.717, 1.165) is 18.2 Å². The summed E-state index contributed by atoms with van der Waals surface area (Å²) >= 11 is 0. The lowest BCUT2D eigenvalue weighted by molar-refractivity contribution is 0.0656. The number of aryl methyl sites for hydroxylation is 1. The predicted molar refractivity (Wildman–Crippen MR) is 67.6 cm³/mol. The molecular formula is C12H10FNO5S. The lowest BCUT2D eigenvalue weighted by Gasteiger charge is -2.06. The van der Waals surface area contributed by atoms with Crippen molar-refractivity contribution < 1.29 is 27.1 Å². The summed E-state index contributed by atoms with van der Waals surface area (Å²) in [5, 5.41) is 8.10. The molecule has 106 valence electrons. The van der Waals surface area contributed by atoms with Crippen LogP contribution in [0.4, 0.5) is 10.1 Å². The molecular weight excluding hydrogens is 289 g/mol. The topological polar surface area (TPSA) is 96.6 Å². The highest BCUT2D eigenvalue weighted by molar-refractivity contribution is 7.92. The average Bonchev–Trinajstić information content (AvgIpc) is 2.84. The maximum absolute atomic E-state index is 13.3. The lowest BCUT2D eigenvalue weighted by atomic mass is 10.2. The van der Waals surface area contributed by atoms with Gasteiger partial charge in [-0.05, 0) is 36.8 Å². The highest BCUT2D eigenvalue weighted by atomic mass is 32.2. The molecule has 0 aliphatic rings. The summed E-state index contributed by atoms with van der Waals surface area (Å²) in [6, 6.07) is 5.85. The van der Waals surface area contributed by atoms with E-state index in [2.05, 4.69) is 4.72 Å². The van der Waals surface area contributed by atoms with Crippen LogP contribution in [-0.4, -0.2) is 19.5 Å². The first-order valence-electron chi connectivity index (χ1n) is 5.42. The van der Waals surface area contributed by atoms with Crippen LogP contribution in [0.15, 0.2) is 39.8 Å². The van der Waals surface area contributed by atoms with Crippen LogP contribution >= 0.6 is 0 Å². The summed E-state index contributed by atoms with van der Waals surface area (Å²) < 4.78 is 44.0. The first-order valence-corrected chi connectivity index (χ1v) is 6.90. The van der Waals surface area contributed by atoms with E-state index in [9.17, 15) is 17.6 Å². The largest absolute Gasteiger partial charge is 0.475 e. The molecule has 0 bridgehead atoms. The van der Waals surface area contributed by atoms with Crippen LogP contribution in [0.3, 0.4) is 0 Å². The van der Waals surface area contributed by atoms with Crippen molar-refractivity contribution in [2.24, 2.45) is 0 Å². The fourth-order valence-electron chi connectivity index (χ4n) is 1.44. The molecule has 0 aliphatic carbocycles. The van der Waals surface area contributed by atoms with E-state index in [-0.39, 0.29) is 5.69 Å². The Morgan fingerprint density at radius 2 is 2.00 bits per heavy atom. The SMILES string of the molecule is Cc1ccc(NS(=O)(=O)c2ccc(C(=O)O)o2)cc1F. The van der Waals surface area contributed by atoms with Gasteiger partial charge in [0.1, 0.15) is 5.82 Å². The molecule has 8 heteroatoms. The zero-order chi connectivity index (χ0) is 14.9. The number of rotatable bonds is 4. The van der Waals surface area contributed by atoms with E-state index < -0.39 is 32.7 Å². The fraction of sp³-hybridized carbons (Fsp3) is 0.0833. The number of carboxylic acid groups (broad SMARTS) is 1. The van der Waals surface area contributed by atoms with Crippen LogP contribution in [0.2, 0.25) is 0 Å². The lowest BCUT2D eigenvalue weighted by Crippen LogP contribution is -2.12. The van der Waals surface area contributed by atoms with E-state index in [1.165, 1.54) is 12.1 Å². The molecule has 0 radical (unpaired) electrons. The number of hydrogen-bond acceptors (Lipinski definition) is 4. The standard InChI is InChI=1S/C12H10FNO5S/c1-7-2-3-8(6-9(7)13)14-20(17,18)11-5-4-10(19-11)12(15)16/h2-6,14H,1H3,(H,15,16). The Balaban J connectivity index is 2.30. The highest BCUT2D eigenvalue weighted by Crippen LogP contribution is 2.20. The average molecular weight is 299 g/mol. The Morgan fingerprint density at radius 3 is 2.55 bits per heavy atom. The van der Waals surface area contributed by atoms with Gasteiger partial charge in [-0.2, -0.15) is 8.42 Å². The predicted octanol–water partition coefficient (Wildman–Crippen LogP) is 2.23. The Labute approximate surface area is 113 Å². The van der Waals surface area contributed by atoms with Gasteiger partial charge in [0.05, 0.1) is 5.69 Å². The summed E-state index contributed by atoms with van der Waals surface area (Å²) in [7, 11) is -4.10. The van der Waals surface area contributed by atoms with Crippen molar-refractivity contribution in [2.45, 2.75) is 12.0 Å². The van der Waals surface area contributed by atoms with Crippen molar-refractivity contribution in [1.29, 1.82) is 0 Å². The molecule has 6 nitrogen and oxygen atoms in total. The van der Waals surface area contributed by atoms with Gasteiger partial charge in [-0.1, -0.05) is 6.07 Å². The summed E-state index contributed by atoms with van der Waals surface area (Å²) in [6.45, 7) is 1.54. The van der Waals surface area contributed by atoms with Crippen LogP contribution in [0.1, 0.15) is 16.1 Å². The molecule has 1 aromatic heterocycles. The van der Waals surface area contributed by atoms with Gasteiger partial charge in [-0.25, -0.2) is 9.18 Å². The van der Waals surface area contributed by atoms with Crippen LogP contribution < -0.4 is 4.72 Å². The molecule has 0 fully saturated rings. The number of benzene rings is 1. The van der Waals surface area contributed by atoms with E-state index in [4.69, 9.17) is 9.52 Å². The van der Waals surface area contributed by atoms with E-state index in [0.29, 0.717) is 5.56 Å². The molecule has 0 atom stereocenters. The Bertz CT molecular complexity index is 766. The van der Waals surface area contributed by atoms with Gasteiger partial charge in [-0.3, -0.25) is 4.72 Å². The molecule has 2 rings (SSSR count). The van der Waals surface area contributed by atoms with Gasteiger partial charge in [0, 0.05) is 0 Å². The van der Waals surface area contributed by atoms with Gasteiger partial charge >= 0.3 is 5.97 Å². The zero-order valence-electron chi connectivity index (χ0n) is 10.3. The summed E-state index contributed by atoms with van der Waals surface area (Å²) in [5.41, 5.74) is 0.389. The molecule has 0 saturated carbocycles. The van der Waals surface area contributed by atoms with E-state index in [1.54, 1.807) is 6.92 Å². The Kier molecular flexibility index (Phi) is 3.49. The first kappa shape index (κ1) is 14.1. The minimum Gasteiger partial charge on any atom is -0.475 e. The second kappa shape index (κ2) is 4.97. The molecule has 2 N–H and O–H groups in total. The van der Waals surface area contributed by atoms with E-state index >= 15 is 0 Å². The number of hydrogen-bond donors (Lipinski definition) is 2. The van der Waals surface area contributed by atoms with Crippen LogP contribution in [0.5, 0.6) is 0 Å². The van der Waals surface area contributed by atoms with Gasteiger partial charge in [0.25, 0.3) is 10.0 Å². The monoisotopic (exact) mass is 299 g/mol. The third kappa shape index (κ3) is 2.80. The number of nitrogens with one attached hydrogen (secondary N) is 1. The second-order valence-electron chi connectivity index (χ2n) is 3.99. The molecule has 0 unspecified atom stereocenters. The third-order valence-corrected chi connectivity index (χ3v) is 3.73. The smallest absolute Gasteiger partial charge is 0.371 e. The molecule has 0 saturated heterocycles. The number of carbonyl (C=O) groups is 1. The molecule has 0 amide bonds. The van der Waals surface area contributed by atoms with Gasteiger partial charge < -0.3 is 9.52 Å². The second-order valence-corrected chi connectivity index (χ2v) is 5.61. The molecule has 0 spiro atoms. The highest BCUT2D eigenvalue weighted by Gasteiger charge is 2.21. The number of halogens is 1. The van der Waals surface area contributed by atoms with Crippen LogP contribution in [0.25, 0.3) is 0 Å². The Morgan fingerprint density at radius 1 is 1.30 bits per heavy atom. The number of anilines is 1. The first-order chi connectivity index (χ1) is 9.29. The quantitative estimate of drug-likeness (QED) is 0.902. The minimum absolute atomic E-state index is 0.0152. The summed E-state index contributed by atoms with van der Waals surface area (Å²) in [6.07, 6.45) is 0.